The van der Waals surface area contributed by atoms with Crippen molar-refractivity contribution in [3.8, 4) is 11.6 Å². The van der Waals surface area contributed by atoms with Crippen molar-refractivity contribution < 1.29 is 22.4 Å². The number of hydrogen-bond donors (Lipinski definition) is 2. The van der Waals surface area contributed by atoms with E-state index in [9.17, 15) is 18.0 Å². The molecule has 2 heterocycles. The summed E-state index contributed by atoms with van der Waals surface area (Å²) in [5, 5.41) is 9.84. The van der Waals surface area contributed by atoms with Gasteiger partial charge in [-0.25, -0.2) is 4.68 Å². The first-order valence-electron chi connectivity index (χ1n) is 7.65. The predicted octanol–water partition coefficient (Wildman–Crippen LogP) is 3.39. The number of thioether (sulfide) groups is 1. The van der Waals surface area contributed by atoms with Crippen LogP contribution < -0.4 is 11.2 Å². The summed E-state index contributed by atoms with van der Waals surface area (Å²) in [7, 11) is 0. The van der Waals surface area contributed by atoms with Crippen LogP contribution in [0.5, 0.6) is 0 Å². The van der Waals surface area contributed by atoms with Crippen LogP contribution in [0.25, 0.3) is 11.6 Å². The van der Waals surface area contributed by atoms with Crippen LogP contribution >= 0.6 is 11.8 Å². The summed E-state index contributed by atoms with van der Waals surface area (Å²) in [5.74, 6) is 6.12. The molecule has 0 spiro atoms. The molecular formula is C16H14F3N5O2S. The van der Waals surface area contributed by atoms with E-state index in [0.717, 1.165) is 23.9 Å². The van der Waals surface area contributed by atoms with Gasteiger partial charge >= 0.3 is 6.18 Å². The maximum absolute atomic E-state index is 12.8. The van der Waals surface area contributed by atoms with Crippen molar-refractivity contribution in [1.82, 2.24) is 14.9 Å². The van der Waals surface area contributed by atoms with Crippen molar-refractivity contribution in [2.45, 2.75) is 23.5 Å². The second kappa shape index (κ2) is 7.35. The van der Waals surface area contributed by atoms with Gasteiger partial charge in [-0.2, -0.15) is 13.2 Å². The van der Waals surface area contributed by atoms with Crippen molar-refractivity contribution in [3.05, 3.63) is 48.2 Å². The monoisotopic (exact) mass is 397 g/mol. The van der Waals surface area contributed by atoms with Crippen LogP contribution in [-0.4, -0.2) is 26.0 Å². The molecule has 0 aliphatic heterocycles. The molecule has 142 valence electrons. The molecule has 1 amide bonds. The van der Waals surface area contributed by atoms with Gasteiger partial charge in [-0.05, 0) is 37.3 Å². The SMILES string of the molecule is C[C@@H](Sc1nnc(-c2ccco2)n1N)C(=O)Nc1cccc(C(F)(F)F)c1. The fourth-order valence-corrected chi connectivity index (χ4v) is 2.93. The Kier molecular flexibility index (Phi) is 5.13. The molecule has 2 aromatic heterocycles. The van der Waals surface area contributed by atoms with Gasteiger partial charge in [-0.3, -0.25) is 4.79 Å². The highest BCUT2D eigenvalue weighted by Gasteiger charge is 2.30. The summed E-state index contributed by atoms with van der Waals surface area (Å²) in [5.41, 5.74) is -0.793. The van der Waals surface area contributed by atoms with Crippen LogP contribution in [-0.2, 0) is 11.0 Å². The number of carbonyl (C=O) groups excluding carboxylic acids is 1. The molecule has 0 unspecified atom stereocenters. The third-order valence-corrected chi connectivity index (χ3v) is 4.57. The Bertz CT molecular complexity index is 940. The van der Waals surface area contributed by atoms with Gasteiger partial charge < -0.3 is 15.6 Å². The lowest BCUT2D eigenvalue weighted by molar-refractivity contribution is -0.137. The number of nitrogens with one attached hydrogen (secondary N) is 1. The fourth-order valence-electron chi connectivity index (χ4n) is 2.16. The summed E-state index contributed by atoms with van der Waals surface area (Å²) in [6.45, 7) is 1.58. The number of alkyl halides is 3. The number of nitrogens with two attached hydrogens (primary N) is 1. The van der Waals surface area contributed by atoms with Gasteiger partial charge in [0.2, 0.25) is 16.9 Å². The number of anilines is 1. The minimum Gasteiger partial charge on any atom is -0.461 e. The Labute approximate surface area is 155 Å². The van der Waals surface area contributed by atoms with Gasteiger partial charge in [0.05, 0.1) is 17.1 Å². The molecular weight excluding hydrogens is 383 g/mol. The zero-order chi connectivity index (χ0) is 19.6. The van der Waals surface area contributed by atoms with E-state index < -0.39 is 22.9 Å². The van der Waals surface area contributed by atoms with E-state index >= 15 is 0 Å². The van der Waals surface area contributed by atoms with Crippen molar-refractivity contribution in [3.63, 3.8) is 0 Å². The highest BCUT2D eigenvalue weighted by molar-refractivity contribution is 8.00. The van der Waals surface area contributed by atoms with Crippen LogP contribution in [0, 0.1) is 0 Å². The Morgan fingerprint density at radius 3 is 2.74 bits per heavy atom. The number of nitrogens with zero attached hydrogens (tertiary/aromatic N) is 3. The number of furan rings is 1. The van der Waals surface area contributed by atoms with Crippen LogP contribution in [0.3, 0.4) is 0 Å². The quantitative estimate of drug-likeness (QED) is 0.506. The Morgan fingerprint density at radius 2 is 2.07 bits per heavy atom. The lowest BCUT2D eigenvalue weighted by Crippen LogP contribution is -2.24. The van der Waals surface area contributed by atoms with Gasteiger partial charge in [-0.1, -0.05) is 17.8 Å². The summed E-state index contributed by atoms with van der Waals surface area (Å²) in [6.07, 6.45) is -3.03. The molecule has 0 radical (unpaired) electrons. The van der Waals surface area contributed by atoms with Crippen molar-refractivity contribution in [2.24, 2.45) is 0 Å². The summed E-state index contributed by atoms with van der Waals surface area (Å²) < 4.78 is 44.7. The molecule has 3 N–H and O–H groups in total. The molecule has 3 rings (SSSR count). The smallest absolute Gasteiger partial charge is 0.416 e. The molecule has 0 aliphatic carbocycles. The Morgan fingerprint density at radius 1 is 1.30 bits per heavy atom. The molecule has 3 aromatic rings. The number of rotatable bonds is 5. The fraction of sp³-hybridized carbons (Fsp3) is 0.188. The van der Waals surface area contributed by atoms with Gasteiger partial charge in [0.25, 0.3) is 0 Å². The number of nitrogen functional groups attached to an aromatic ring is 1. The minimum atomic E-state index is -4.49. The molecule has 27 heavy (non-hydrogen) atoms. The predicted molar refractivity (Wildman–Crippen MR) is 93.3 cm³/mol. The van der Waals surface area contributed by atoms with Gasteiger partial charge in [0.15, 0.2) is 5.76 Å². The number of hydrogen-bond acceptors (Lipinski definition) is 6. The molecule has 1 aromatic carbocycles. The number of amides is 1. The molecule has 0 fully saturated rings. The second-order valence-corrected chi connectivity index (χ2v) is 6.79. The number of benzene rings is 1. The normalized spacial score (nSPS) is 12.7. The van der Waals surface area contributed by atoms with Crippen LogP contribution in [0.2, 0.25) is 0 Å². The molecule has 7 nitrogen and oxygen atoms in total. The number of carbonyl (C=O) groups is 1. The zero-order valence-corrected chi connectivity index (χ0v) is 14.7. The minimum absolute atomic E-state index is 0.0489. The van der Waals surface area contributed by atoms with Gasteiger partial charge in [-0.15, -0.1) is 10.2 Å². The van der Waals surface area contributed by atoms with E-state index in [4.69, 9.17) is 10.3 Å². The van der Waals surface area contributed by atoms with E-state index in [1.54, 1.807) is 19.1 Å². The summed E-state index contributed by atoms with van der Waals surface area (Å²) >= 11 is 1.01. The zero-order valence-electron chi connectivity index (χ0n) is 13.9. The van der Waals surface area contributed by atoms with E-state index in [2.05, 4.69) is 15.5 Å². The van der Waals surface area contributed by atoms with E-state index in [0.29, 0.717) is 5.76 Å². The van der Waals surface area contributed by atoms with E-state index in [-0.39, 0.29) is 16.7 Å². The second-order valence-electron chi connectivity index (χ2n) is 5.48. The Hall–Kier alpha value is -2.95. The Balaban J connectivity index is 1.68. The molecule has 1 atom stereocenters. The van der Waals surface area contributed by atoms with Crippen molar-refractivity contribution in [2.75, 3.05) is 11.2 Å². The van der Waals surface area contributed by atoms with Crippen LogP contribution in [0.15, 0.2) is 52.2 Å². The number of aromatic nitrogens is 3. The highest BCUT2D eigenvalue weighted by Crippen LogP contribution is 2.31. The lowest BCUT2D eigenvalue weighted by Gasteiger charge is -2.13. The lowest BCUT2D eigenvalue weighted by atomic mass is 10.2. The summed E-state index contributed by atoms with van der Waals surface area (Å²) in [6, 6.07) is 7.73. The third-order valence-electron chi connectivity index (χ3n) is 3.51. The standard InChI is InChI=1S/C16H14F3N5O2S/c1-9(14(25)21-11-5-2-4-10(8-11)16(17,18)19)27-15-23-22-13(24(15)20)12-6-3-7-26-12/h2-9H,20H2,1H3,(H,21,25)/t9-/m1/s1. The summed E-state index contributed by atoms with van der Waals surface area (Å²) in [4.78, 5) is 12.3. The van der Waals surface area contributed by atoms with Gasteiger partial charge in [0.1, 0.15) is 0 Å². The molecule has 11 heteroatoms. The first kappa shape index (κ1) is 18.8. The highest BCUT2D eigenvalue weighted by atomic mass is 32.2. The maximum atomic E-state index is 12.8. The maximum Gasteiger partial charge on any atom is 0.416 e. The molecule has 0 saturated heterocycles. The van der Waals surface area contributed by atoms with Crippen LogP contribution in [0.4, 0.5) is 18.9 Å². The first-order valence-corrected chi connectivity index (χ1v) is 8.53. The average Bonchev–Trinajstić information content (AvgIpc) is 3.25. The molecule has 0 saturated carbocycles. The largest absolute Gasteiger partial charge is 0.461 e. The molecule has 0 bridgehead atoms. The van der Waals surface area contributed by atoms with Crippen LogP contribution in [0.1, 0.15) is 12.5 Å². The first-order chi connectivity index (χ1) is 12.8. The topological polar surface area (TPSA) is 99.0 Å². The third kappa shape index (κ3) is 4.25. The van der Waals surface area contributed by atoms with E-state index in [1.165, 1.54) is 23.1 Å². The van der Waals surface area contributed by atoms with Crippen molar-refractivity contribution in [1.29, 1.82) is 0 Å². The average molecular weight is 397 g/mol. The number of halogens is 3. The van der Waals surface area contributed by atoms with Gasteiger partial charge in [0, 0.05) is 5.69 Å². The molecule has 0 aliphatic rings. The van der Waals surface area contributed by atoms with E-state index in [1.807, 2.05) is 0 Å². The van der Waals surface area contributed by atoms with Crippen molar-refractivity contribution >= 4 is 23.4 Å².